The van der Waals surface area contributed by atoms with Crippen LogP contribution in [0.4, 0.5) is 0 Å². The standard InChI is InChI=1S/C10H7ClN4S/c11-7-1-2-8-9(3-7)16-10(14-8)4-15-6-12-5-13-15/h1-3,5-6H,4H2. The summed E-state index contributed by atoms with van der Waals surface area (Å²) in [6.45, 7) is 0.650. The summed E-state index contributed by atoms with van der Waals surface area (Å²) in [5.41, 5.74) is 0.976. The van der Waals surface area contributed by atoms with Crippen molar-refractivity contribution in [2.75, 3.05) is 0 Å². The number of halogens is 1. The molecule has 0 aliphatic rings. The van der Waals surface area contributed by atoms with Crippen molar-refractivity contribution in [1.29, 1.82) is 0 Å². The fourth-order valence-electron chi connectivity index (χ4n) is 1.47. The lowest BCUT2D eigenvalue weighted by Gasteiger charge is -1.93. The van der Waals surface area contributed by atoms with Gasteiger partial charge in [-0.15, -0.1) is 11.3 Å². The quantitative estimate of drug-likeness (QED) is 0.702. The first kappa shape index (κ1) is 9.74. The lowest BCUT2D eigenvalue weighted by molar-refractivity contribution is 0.682. The molecule has 0 saturated carbocycles. The summed E-state index contributed by atoms with van der Waals surface area (Å²) in [7, 11) is 0. The van der Waals surface area contributed by atoms with E-state index in [9.17, 15) is 0 Å². The summed E-state index contributed by atoms with van der Waals surface area (Å²) in [5, 5.41) is 5.79. The third-order valence-corrected chi connectivity index (χ3v) is 3.40. The Hall–Kier alpha value is -1.46. The summed E-state index contributed by atoms with van der Waals surface area (Å²) in [5.74, 6) is 0. The van der Waals surface area contributed by atoms with Gasteiger partial charge in [0.1, 0.15) is 17.7 Å². The molecule has 80 valence electrons. The van der Waals surface area contributed by atoms with Gasteiger partial charge in [-0.3, -0.25) is 0 Å². The largest absolute Gasteiger partial charge is 0.246 e. The molecule has 6 heteroatoms. The van der Waals surface area contributed by atoms with Crippen LogP contribution >= 0.6 is 22.9 Å². The second kappa shape index (κ2) is 3.84. The van der Waals surface area contributed by atoms with Crippen LogP contribution in [0.5, 0.6) is 0 Å². The first-order chi connectivity index (χ1) is 7.81. The number of fused-ring (bicyclic) bond motifs is 1. The highest BCUT2D eigenvalue weighted by molar-refractivity contribution is 7.18. The Morgan fingerprint density at radius 1 is 1.38 bits per heavy atom. The van der Waals surface area contributed by atoms with Gasteiger partial charge in [0.05, 0.1) is 16.8 Å². The molecule has 0 atom stereocenters. The second-order valence-electron chi connectivity index (χ2n) is 3.31. The zero-order valence-electron chi connectivity index (χ0n) is 8.17. The van der Waals surface area contributed by atoms with Crippen molar-refractivity contribution in [3.63, 3.8) is 0 Å². The molecule has 0 amide bonds. The zero-order chi connectivity index (χ0) is 11.0. The van der Waals surface area contributed by atoms with Crippen molar-refractivity contribution in [2.45, 2.75) is 6.54 Å². The Morgan fingerprint density at radius 2 is 2.31 bits per heavy atom. The van der Waals surface area contributed by atoms with Crippen LogP contribution in [0.25, 0.3) is 10.2 Å². The molecule has 0 aliphatic carbocycles. The Morgan fingerprint density at radius 3 is 3.12 bits per heavy atom. The van der Waals surface area contributed by atoms with Crippen LogP contribution in [0.3, 0.4) is 0 Å². The molecule has 0 saturated heterocycles. The maximum atomic E-state index is 5.92. The molecule has 2 aromatic heterocycles. The van der Waals surface area contributed by atoms with Crippen LogP contribution < -0.4 is 0 Å². The molecule has 2 heterocycles. The number of hydrogen-bond donors (Lipinski definition) is 0. The Bertz CT molecular complexity index is 617. The smallest absolute Gasteiger partial charge is 0.137 e. The highest BCUT2D eigenvalue weighted by Crippen LogP contribution is 2.25. The number of benzene rings is 1. The minimum Gasteiger partial charge on any atom is -0.246 e. The lowest BCUT2D eigenvalue weighted by atomic mass is 10.3. The first-order valence-electron chi connectivity index (χ1n) is 4.69. The first-order valence-corrected chi connectivity index (χ1v) is 5.88. The monoisotopic (exact) mass is 250 g/mol. The van der Waals surface area contributed by atoms with Gasteiger partial charge in [-0.05, 0) is 18.2 Å². The molecule has 0 fully saturated rings. The van der Waals surface area contributed by atoms with E-state index in [1.54, 1.807) is 22.3 Å². The van der Waals surface area contributed by atoms with Crippen molar-refractivity contribution in [2.24, 2.45) is 0 Å². The molecule has 3 rings (SSSR count). The van der Waals surface area contributed by atoms with E-state index in [2.05, 4.69) is 15.1 Å². The van der Waals surface area contributed by atoms with Crippen LogP contribution in [-0.4, -0.2) is 19.7 Å². The maximum Gasteiger partial charge on any atom is 0.137 e. The van der Waals surface area contributed by atoms with Gasteiger partial charge in [0.2, 0.25) is 0 Å². The van der Waals surface area contributed by atoms with Crippen LogP contribution in [0, 0.1) is 0 Å². The van der Waals surface area contributed by atoms with E-state index in [-0.39, 0.29) is 0 Å². The van der Waals surface area contributed by atoms with Gasteiger partial charge in [0.25, 0.3) is 0 Å². The Kier molecular flexibility index (Phi) is 2.34. The molecule has 4 nitrogen and oxygen atoms in total. The van der Waals surface area contributed by atoms with Crippen molar-refractivity contribution in [3.05, 3.63) is 40.9 Å². The zero-order valence-corrected chi connectivity index (χ0v) is 9.74. The highest BCUT2D eigenvalue weighted by atomic mass is 35.5. The maximum absolute atomic E-state index is 5.92. The van der Waals surface area contributed by atoms with Crippen molar-refractivity contribution in [1.82, 2.24) is 19.7 Å². The van der Waals surface area contributed by atoms with Gasteiger partial charge in [0.15, 0.2) is 0 Å². The topological polar surface area (TPSA) is 43.6 Å². The minimum absolute atomic E-state index is 0.650. The summed E-state index contributed by atoms with van der Waals surface area (Å²) in [6.07, 6.45) is 3.20. The van der Waals surface area contributed by atoms with Crippen molar-refractivity contribution < 1.29 is 0 Å². The molecule has 0 N–H and O–H groups in total. The Labute approximate surface area is 101 Å². The van der Waals surface area contributed by atoms with E-state index < -0.39 is 0 Å². The number of thiazole rings is 1. The number of aromatic nitrogens is 4. The minimum atomic E-state index is 0.650. The van der Waals surface area contributed by atoms with Crippen molar-refractivity contribution in [3.8, 4) is 0 Å². The molecule has 0 aliphatic heterocycles. The Balaban J connectivity index is 1.99. The molecule has 0 bridgehead atoms. The van der Waals surface area contributed by atoms with Gasteiger partial charge in [-0.25, -0.2) is 14.6 Å². The van der Waals surface area contributed by atoms with Gasteiger partial charge in [-0.1, -0.05) is 11.6 Å². The molecule has 0 spiro atoms. The van der Waals surface area contributed by atoms with E-state index in [1.807, 2.05) is 18.2 Å². The van der Waals surface area contributed by atoms with Crippen LogP contribution in [-0.2, 0) is 6.54 Å². The van der Waals surface area contributed by atoms with E-state index in [4.69, 9.17) is 11.6 Å². The fraction of sp³-hybridized carbons (Fsp3) is 0.100. The van der Waals surface area contributed by atoms with E-state index in [1.165, 1.54) is 6.33 Å². The number of rotatable bonds is 2. The number of nitrogens with zero attached hydrogens (tertiary/aromatic N) is 4. The lowest BCUT2D eigenvalue weighted by Crippen LogP contribution is -1.98. The van der Waals surface area contributed by atoms with Crippen LogP contribution in [0.15, 0.2) is 30.9 Å². The molecular weight excluding hydrogens is 244 g/mol. The van der Waals surface area contributed by atoms with Crippen LogP contribution in [0.1, 0.15) is 5.01 Å². The second-order valence-corrected chi connectivity index (χ2v) is 4.86. The predicted molar refractivity (Wildman–Crippen MR) is 63.8 cm³/mol. The summed E-state index contributed by atoms with van der Waals surface area (Å²) in [6, 6.07) is 5.71. The molecule has 0 radical (unpaired) electrons. The predicted octanol–water partition coefficient (Wildman–Crippen LogP) is 2.59. The SMILES string of the molecule is Clc1ccc2nc(Cn3cncn3)sc2c1. The van der Waals surface area contributed by atoms with E-state index in [0.717, 1.165) is 20.2 Å². The molecule has 3 aromatic rings. The molecular formula is C10H7ClN4S. The fourth-order valence-corrected chi connectivity index (χ4v) is 2.70. The third-order valence-electron chi connectivity index (χ3n) is 2.16. The average molecular weight is 251 g/mol. The van der Waals surface area contributed by atoms with Gasteiger partial charge in [-0.2, -0.15) is 5.10 Å². The molecule has 16 heavy (non-hydrogen) atoms. The molecule has 1 aromatic carbocycles. The third kappa shape index (κ3) is 1.79. The summed E-state index contributed by atoms with van der Waals surface area (Å²) in [4.78, 5) is 8.39. The highest BCUT2D eigenvalue weighted by Gasteiger charge is 2.05. The van der Waals surface area contributed by atoms with Gasteiger partial charge >= 0.3 is 0 Å². The normalized spacial score (nSPS) is 11.1. The number of hydrogen-bond acceptors (Lipinski definition) is 4. The summed E-state index contributed by atoms with van der Waals surface area (Å²) < 4.78 is 2.85. The van der Waals surface area contributed by atoms with E-state index in [0.29, 0.717) is 6.54 Å². The van der Waals surface area contributed by atoms with Crippen LogP contribution in [0.2, 0.25) is 5.02 Å². The van der Waals surface area contributed by atoms with Gasteiger partial charge < -0.3 is 0 Å². The van der Waals surface area contributed by atoms with Gasteiger partial charge in [0, 0.05) is 5.02 Å². The molecule has 0 unspecified atom stereocenters. The van der Waals surface area contributed by atoms with Crippen molar-refractivity contribution >= 4 is 33.2 Å². The summed E-state index contributed by atoms with van der Waals surface area (Å²) >= 11 is 7.55. The average Bonchev–Trinajstić information content (AvgIpc) is 2.86. The van der Waals surface area contributed by atoms with E-state index >= 15 is 0 Å².